The number of Topliss-reactive ketones (excluding diaryl/α,β-unsaturated/α-hetero) is 1. The van der Waals surface area contributed by atoms with Gasteiger partial charge in [0, 0.05) is 23.2 Å². The van der Waals surface area contributed by atoms with Crippen molar-refractivity contribution in [3.63, 3.8) is 0 Å². The van der Waals surface area contributed by atoms with E-state index in [-0.39, 0.29) is 24.2 Å². The Kier molecular flexibility index (Phi) is 7.22. The Morgan fingerprint density at radius 1 is 0.867 bits per heavy atom. The molecule has 154 valence electrons. The van der Waals surface area contributed by atoms with E-state index in [9.17, 15) is 9.59 Å². The smallest absolute Gasteiger partial charge is 0.338 e. The van der Waals surface area contributed by atoms with E-state index >= 15 is 0 Å². The molecular formula is C25H25NO4. The Morgan fingerprint density at radius 2 is 1.53 bits per heavy atom. The molecule has 0 saturated heterocycles. The molecule has 1 unspecified atom stereocenters. The molecule has 0 aliphatic heterocycles. The van der Waals surface area contributed by atoms with Crippen LogP contribution in [0, 0.1) is 0 Å². The van der Waals surface area contributed by atoms with Crippen molar-refractivity contribution in [1.82, 2.24) is 0 Å². The van der Waals surface area contributed by atoms with Crippen molar-refractivity contribution in [3.8, 4) is 5.75 Å². The average molecular weight is 403 g/mol. The summed E-state index contributed by atoms with van der Waals surface area (Å²) in [7, 11) is 1.61. The number of benzene rings is 3. The number of para-hydroxylation sites is 1. The average Bonchev–Trinajstić information content (AvgIpc) is 2.79. The molecule has 0 fully saturated rings. The maximum Gasteiger partial charge on any atom is 0.338 e. The Bertz CT molecular complexity index is 984. The molecule has 0 radical (unpaired) electrons. The molecule has 5 nitrogen and oxygen atoms in total. The minimum atomic E-state index is -0.357. The molecule has 3 aromatic rings. The monoisotopic (exact) mass is 403 g/mol. The number of methoxy groups -OCH3 is 1. The SMILES string of the molecule is CCOC(=O)c1ccc(NC(CC(=O)c2ccccc2)c2ccccc2OC)cc1. The molecule has 0 spiro atoms. The Balaban J connectivity index is 1.86. The van der Waals surface area contributed by atoms with E-state index in [2.05, 4.69) is 5.32 Å². The summed E-state index contributed by atoms with van der Waals surface area (Å²) in [6.07, 6.45) is 0.254. The third-order valence-electron chi connectivity index (χ3n) is 4.74. The highest BCUT2D eigenvalue weighted by atomic mass is 16.5. The number of carbonyl (C=O) groups excluding carboxylic acids is 2. The molecule has 0 aliphatic carbocycles. The zero-order valence-corrected chi connectivity index (χ0v) is 17.1. The summed E-state index contributed by atoms with van der Waals surface area (Å²) in [5, 5.41) is 3.42. The quantitative estimate of drug-likeness (QED) is 0.388. The van der Waals surface area contributed by atoms with Crippen LogP contribution in [-0.4, -0.2) is 25.5 Å². The van der Waals surface area contributed by atoms with Gasteiger partial charge in [-0.1, -0.05) is 48.5 Å². The highest BCUT2D eigenvalue weighted by Gasteiger charge is 2.20. The number of nitrogens with one attached hydrogen (secondary N) is 1. The van der Waals surface area contributed by atoms with Gasteiger partial charge in [-0.2, -0.15) is 0 Å². The highest BCUT2D eigenvalue weighted by Crippen LogP contribution is 2.31. The third-order valence-corrected chi connectivity index (χ3v) is 4.74. The van der Waals surface area contributed by atoms with Gasteiger partial charge in [0.25, 0.3) is 0 Å². The molecule has 0 aromatic heterocycles. The number of esters is 1. The van der Waals surface area contributed by atoms with Crippen LogP contribution in [0.15, 0.2) is 78.9 Å². The van der Waals surface area contributed by atoms with Crippen LogP contribution in [0.3, 0.4) is 0 Å². The summed E-state index contributed by atoms with van der Waals surface area (Å²) in [6, 6.07) is 23.6. The van der Waals surface area contributed by atoms with E-state index in [1.807, 2.05) is 66.7 Å². The van der Waals surface area contributed by atoms with Crippen LogP contribution in [0.5, 0.6) is 5.75 Å². The molecule has 30 heavy (non-hydrogen) atoms. The fourth-order valence-corrected chi connectivity index (χ4v) is 3.24. The summed E-state index contributed by atoms with van der Waals surface area (Å²) in [6.45, 7) is 2.10. The number of anilines is 1. The third kappa shape index (κ3) is 5.26. The first kappa shape index (κ1) is 21.1. The Hall–Kier alpha value is -3.60. The minimum Gasteiger partial charge on any atom is -0.496 e. The van der Waals surface area contributed by atoms with Gasteiger partial charge in [-0.25, -0.2) is 4.79 Å². The number of ether oxygens (including phenoxy) is 2. The van der Waals surface area contributed by atoms with Crippen LogP contribution in [0.2, 0.25) is 0 Å². The Morgan fingerprint density at radius 3 is 2.20 bits per heavy atom. The molecule has 5 heteroatoms. The normalized spacial score (nSPS) is 11.4. The summed E-state index contributed by atoms with van der Waals surface area (Å²) in [5.74, 6) is 0.380. The minimum absolute atomic E-state index is 0.0298. The fourth-order valence-electron chi connectivity index (χ4n) is 3.24. The van der Waals surface area contributed by atoms with E-state index < -0.39 is 0 Å². The molecule has 0 bridgehead atoms. The summed E-state index contributed by atoms with van der Waals surface area (Å²) in [4.78, 5) is 24.8. The first-order chi connectivity index (χ1) is 14.6. The molecule has 0 heterocycles. The van der Waals surface area contributed by atoms with Crippen molar-refractivity contribution in [2.75, 3.05) is 19.0 Å². The van der Waals surface area contributed by atoms with Crippen LogP contribution in [-0.2, 0) is 4.74 Å². The van der Waals surface area contributed by atoms with Crippen LogP contribution in [0.1, 0.15) is 45.7 Å². The van der Waals surface area contributed by atoms with E-state index in [0.717, 1.165) is 11.3 Å². The second-order valence-electron chi connectivity index (χ2n) is 6.73. The molecule has 0 aliphatic rings. The lowest BCUT2D eigenvalue weighted by molar-refractivity contribution is 0.0526. The topological polar surface area (TPSA) is 64.6 Å². The lowest BCUT2D eigenvalue weighted by Crippen LogP contribution is -2.17. The zero-order valence-electron chi connectivity index (χ0n) is 17.1. The van der Waals surface area contributed by atoms with Gasteiger partial charge >= 0.3 is 5.97 Å². The van der Waals surface area contributed by atoms with Gasteiger partial charge in [0.05, 0.1) is 25.3 Å². The number of carbonyl (C=O) groups is 2. The van der Waals surface area contributed by atoms with Gasteiger partial charge in [-0.3, -0.25) is 4.79 Å². The summed E-state index contributed by atoms with van der Waals surface area (Å²) in [5.41, 5.74) is 2.83. The molecule has 3 aromatic carbocycles. The predicted molar refractivity (Wildman–Crippen MR) is 117 cm³/mol. The van der Waals surface area contributed by atoms with Crippen LogP contribution >= 0.6 is 0 Å². The lowest BCUT2D eigenvalue weighted by Gasteiger charge is -2.22. The van der Waals surface area contributed by atoms with Crippen molar-refractivity contribution >= 4 is 17.4 Å². The molecule has 0 saturated carbocycles. The number of hydrogen-bond acceptors (Lipinski definition) is 5. The number of rotatable bonds is 9. The van der Waals surface area contributed by atoms with Gasteiger partial charge in [-0.05, 0) is 37.3 Å². The van der Waals surface area contributed by atoms with Crippen molar-refractivity contribution in [2.45, 2.75) is 19.4 Å². The molecule has 1 N–H and O–H groups in total. The van der Waals surface area contributed by atoms with Crippen molar-refractivity contribution in [3.05, 3.63) is 95.6 Å². The maximum atomic E-state index is 12.9. The van der Waals surface area contributed by atoms with E-state index in [1.165, 1.54) is 0 Å². The molecule has 3 rings (SSSR count). The van der Waals surface area contributed by atoms with Crippen LogP contribution in [0.25, 0.3) is 0 Å². The first-order valence-corrected chi connectivity index (χ1v) is 9.87. The summed E-state index contributed by atoms with van der Waals surface area (Å²) >= 11 is 0. The van der Waals surface area contributed by atoms with Gasteiger partial charge in [-0.15, -0.1) is 0 Å². The van der Waals surface area contributed by atoms with E-state index in [0.29, 0.717) is 23.5 Å². The van der Waals surface area contributed by atoms with E-state index in [4.69, 9.17) is 9.47 Å². The standard InChI is InChI=1S/C25H25NO4/c1-3-30-25(28)19-13-15-20(16-14-19)26-22(21-11-7-8-12-24(21)29-2)17-23(27)18-9-5-4-6-10-18/h4-16,22,26H,3,17H2,1-2H3. The van der Waals surface area contributed by atoms with Crippen LogP contribution in [0.4, 0.5) is 5.69 Å². The van der Waals surface area contributed by atoms with Gasteiger partial charge < -0.3 is 14.8 Å². The largest absolute Gasteiger partial charge is 0.496 e. The molecule has 1 atom stereocenters. The second kappa shape index (κ2) is 10.3. The molecular weight excluding hydrogens is 378 g/mol. The zero-order chi connectivity index (χ0) is 21.3. The summed E-state index contributed by atoms with van der Waals surface area (Å²) < 4.78 is 10.5. The van der Waals surface area contributed by atoms with Gasteiger partial charge in [0.15, 0.2) is 5.78 Å². The van der Waals surface area contributed by atoms with Crippen molar-refractivity contribution in [2.24, 2.45) is 0 Å². The van der Waals surface area contributed by atoms with Crippen molar-refractivity contribution < 1.29 is 19.1 Å². The highest BCUT2D eigenvalue weighted by molar-refractivity contribution is 5.96. The molecule has 0 amide bonds. The maximum absolute atomic E-state index is 12.9. The predicted octanol–water partition coefficient (Wildman–Crippen LogP) is 5.30. The first-order valence-electron chi connectivity index (χ1n) is 9.87. The van der Waals surface area contributed by atoms with Gasteiger partial charge in [0.1, 0.15) is 5.75 Å². The van der Waals surface area contributed by atoms with Gasteiger partial charge in [0.2, 0.25) is 0 Å². The number of hydrogen-bond donors (Lipinski definition) is 1. The second-order valence-corrected chi connectivity index (χ2v) is 6.73. The fraction of sp³-hybridized carbons (Fsp3) is 0.200. The lowest BCUT2D eigenvalue weighted by atomic mass is 9.96. The van der Waals surface area contributed by atoms with E-state index in [1.54, 1.807) is 26.2 Å². The number of ketones is 1. The van der Waals surface area contributed by atoms with Crippen molar-refractivity contribution in [1.29, 1.82) is 0 Å². The van der Waals surface area contributed by atoms with Crippen LogP contribution < -0.4 is 10.1 Å². The Labute approximate surface area is 176 Å².